The molecule has 3 heteroatoms. The van der Waals surface area contributed by atoms with E-state index in [2.05, 4.69) is 30.9 Å². The van der Waals surface area contributed by atoms with E-state index in [1.807, 2.05) is 18.2 Å². The average Bonchev–Trinajstić information content (AvgIpc) is 2.95. The van der Waals surface area contributed by atoms with Crippen molar-refractivity contribution in [1.29, 1.82) is 0 Å². The summed E-state index contributed by atoms with van der Waals surface area (Å²) in [5, 5.41) is 11.4. The monoisotopic (exact) mass is 268 g/mol. The van der Waals surface area contributed by atoms with E-state index in [0.717, 1.165) is 30.5 Å². The second kappa shape index (κ2) is 4.35. The highest BCUT2D eigenvalue weighted by Gasteiger charge is 2.68. The first-order valence-corrected chi connectivity index (χ1v) is 7.60. The van der Waals surface area contributed by atoms with Crippen LogP contribution in [0.3, 0.4) is 0 Å². The summed E-state index contributed by atoms with van der Waals surface area (Å²) >= 11 is 0. The third-order valence-electron chi connectivity index (χ3n) is 6.38. The van der Waals surface area contributed by atoms with E-state index in [1.54, 1.807) is 0 Å². The normalized spacial score (nSPS) is 46.2. The number of nitrogens with zero attached hydrogens (tertiary/aromatic N) is 1. The zero-order valence-corrected chi connectivity index (χ0v) is 12.4. The van der Waals surface area contributed by atoms with Crippen LogP contribution in [-0.4, -0.2) is 37.0 Å². The molecule has 1 aliphatic carbocycles. The van der Waals surface area contributed by atoms with E-state index in [-0.39, 0.29) is 14.0 Å². The van der Waals surface area contributed by atoms with Gasteiger partial charge < -0.3 is 5.11 Å². The lowest BCUT2D eigenvalue weighted by atomic mass is 9.74. The summed E-state index contributed by atoms with van der Waals surface area (Å²) in [4.78, 5) is 2.58. The Labute approximate surface area is 123 Å². The second-order valence-electron chi connectivity index (χ2n) is 7.11. The number of rotatable bonds is 1. The first kappa shape index (κ1) is 14.2. The van der Waals surface area contributed by atoms with Crippen LogP contribution in [0.5, 0.6) is 0 Å². The molecule has 0 unspecified atom stereocenters. The lowest BCUT2D eigenvalue weighted by Gasteiger charge is -2.35. The molecule has 3 aliphatic rings. The van der Waals surface area contributed by atoms with Crippen molar-refractivity contribution in [2.75, 3.05) is 13.1 Å². The molecule has 0 amide bonds. The lowest BCUT2D eigenvalue weighted by Crippen LogP contribution is -2.42. The molecule has 1 aromatic rings. The predicted octanol–water partition coefficient (Wildman–Crippen LogP) is 2.24. The van der Waals surface area contributed by atoms with Crippen LogP contribution in [0.1, 0.15) is 32.3 Å². The van der Waals surface area contributed by atoms with E-state index < -0.39 is 5.60 Å². The van der Waals surface area contributed by atoms with E-state index in [4.69, 9.17) is 0 Å². The molecule has 2 nitrogen and oxygen atoms in total. The smallest absolute Gasteiger partial charge is 0.107 e. The molecule has 1 saturated carbocycles. The maximum absolute atomic E-state index is 11.4. The largest absolute Gasteiger partial charge is 0.383 e. The minimum Gasteiger partial charge on any atom is -0.383 e. The van der Waals surface area contributed by atoms with Crippen molar-refractivity contribution in [2.24, 2.45) is 17.8 Å². The highest BCUT2D eigenvalue weighted by molar-refractivity contribution is 5.75. The molecule has 0 bridgehead atoms. The zero-order chi connectivity index (χ0) is 13.3. The molecule has 1 N–H and O–H groups in total. The van der Waals surface area contributed by atoms with Crippen molar-refractivity contribution in [3.8, 4) is 0 Å². The van der Waals surface area contributed by atoms with Crippen LogP contribution in [0.2, 0.25) is 0 Å². The molecule has 3 fully saturated rings. The summed E-state index contributed by atoms with van der Waals surface area (Å²) in [7, 11) is 0. The molecule has 1 aromatic carbocycles. The number of β-amino-alcohol motifs (C(OH)–C–C–N with tert-alkyl or cyclic N) is 1. The molecule has 2 aliphatic heterocycles. The third-order valence-corrected chi connectivity index (χ3v) is 6.38. The van der Waals surface area contributed by atoms with Gasteiger partial charge in [-0.3, -0.25) is 4.90 Å². The van der Waals surface area contributed by atoms with Gasteiger partial charge in [0.2, 0.25) is 0 Å². The van der Waals surface area contributed by atoms with Crippen molar-refractivity contribution in [2.45, 2.75) is 37.8 Å². The minimum absolute atomic E-state index is 0. The van der Waals surface area contributed by atoms with E-state index >= 15 is 0 Å². The van der Waals surface area contributed by atoms with Gasteiger partial charge in [0.05, 0.1) is 0 Å². The molecule has 0 spiro atoms. The summed E-state index contributed by atoms with van der Waals surface area (Å²) in [6.45, 7) is 6.77. The van der Waals surface area contributed by atoms with Crippen molar-refractivity contribution in [3.05, 3.63) is 35.9 Å². The first-order valence-electron chi connectivity index (χ1n) is 7.60. The van der Waals surface area contributed by atoms with Crippen molar-refractivity contribution in [1.82, 2.24) is 4.90 Å². The van der Waals surface area contributed by atoms with Crippen molar-refractivity contribution in [3.63, 3.8) is 0 Å². The third kappa shape index (κ3) is 1.48. The van der Waals surface area contributed by atoms with Crippen LogP contribution in [0.25, 0.3) is 0 Å². The highest BCUT2D eigenvalue weighted by Crippen LogP contribution is 2.62. The Morgan fingerprint density at radius 3 is 2.60 bits per heavy atom. The molecule has 105 valence electrons. The van der Waals surface area contributed by atoms with Crippen LogP contribution in [0, 0.1) is 17.8 Å². The standard InChI is InChI=1S/C17H23NO.B/c1-12-10-18-11-17(19,13-6-4-3-5-7-13)15-9-8-14(12)16(15,18)2;/h3-7,12,14-15,19H,8-11H2,1-2H3;/t12-,14+,15+,16-,17+;/m1./s1. The predicted molar refractivity (Wildman–Crippen MR) is 81.4 cm³/mol. The van der Waals surface area contributed by atoms with E-state index in [1.165, 1.54) is 12.8 Å². The Hall–Kier alpha value is -0.795. The Kier molecular flexibility index (Phi) is 3.08. The minimum atomic E-state index is -0.634. The van der Waals surface area contributed by atoms with Crippen LogP contribution < -0.4 is 0 Å². The fourth-order valence-electron chi connectivity index (χ4n) is 5.55. The SMILES string of the molecule is C[C@@H]1CN2C[C@](O)(c3ccccc3)[C@H]3CC[C@@H]1[C@]32C.[B]. The average molecular weight is 268 g/mol. The van der Waals surface area contributed by atoms with Gasteiger partial charge in [-0.15, -0.1) is 0 Å². The quantitative estimate of drug-likeness (QED) is 0.790. The van der Waals surface area contributed by atoms with E-state index in [9.17, 15) is 5.11 Å². The van der Waals surface area contributed by atoms with Gasteiger partial charge in [0.15, 0.2) is 0 Å². The zero-order valence-electron chi connectivity index (χ0n) is 12.4. The maximum atomic E-state index is 11.4. The number of aliphatic hydroxyl groups is 1. The van der Waals surface area contributed by atoms with Crippen LogP contribution in [0.15, 0.2) is 30.3 Å². The van der Waals surface area contributed by atoms with Gasteiger partial charge in [-0.05, 0) is 37.2 Å². The van der Waals surface area contributed by atoms with Gasteiger partial charge in [0, 0.05) is 33.0 Å². The highest BCUT2D eigenvalue weighted by atomic mass is 16.3. The topological polar surface area (TPSA) is 23.5 Å². The van der Waals surface area contributed by atoms with Gasteiger partial charge in [0.25, 0.3) is 0 Å². The fourth-order valence-corrected chi connectivity index (χ4v) is 5.55. The molecule has 0 aromatic heterocycles. The summed E-state index contributed by atoms with van der Waals surface area (Å²) < 4.78 is 0. The fraction of sp³-hybridized carbons (Fsp3) is 0.647. The van der Waals surface area contributed by atoms with Gasteiger partial charge in [-0.1, -0.05) is 37.3 Å². The molecule has 2 heterocycles. The van der Waals surface area contributed by atoms with Crippen molar-refractivity contribution >= 4 is 8.41 Å². The van der Waals surface area contributed by atoms with Crippen LogP contribution >= 0.6 is 0 Å². The van der Waals surface area contributed by atoms with Gasteiger partial charge in [0.1, 0.15) is 5.60 Å². The molecule has 3 radical (unpaired) electrons. The van der Waals surface area contributed by atoms with Gasteiger partial charge in [-0.25, -0.2) is 0 Å². The Bertz CT molecular complexity index is 507. The lowest BCUT2D eigenvalue weighted by molar-refractivity contribution is -0.00173. The molecule has 4 rings (SSSR count). The van der Waals surface area contributed by atoms with Gasteiger partial charge >= 0.3 is 0 Å². The summed E-state index contributed by atoms with van der Waals surface area (Å²) in [5.41, 5.74) is 0.707. The van der Waals surface area contributed by atoms with Crippen LogP contribution in [-0.2, 0) is 5.60 Å². The number of hydrogen-bond acceptors (Lipinski definition) is 2. The maximum Gasteiger partial charge on any atom is 0.107 e. The molecule has 2 saturated heterocycles. The Morgan fingerprint density at radius 1 is 1.20 bits per heavy atom. The second-order valence-corrected chi connectivity index (χ2v) is 7.11. The Morgan fingerprint density at radius 2 is 1.90 bits per heavy atom. The Balaban J connectivity index is 0.00000121. The van der Waals surface area contributed by atoms with Gasteiger partial charge in [-0.2, -0.15) is 0 Å². The van der Waals surface area contributed by atoms with E-state index in [0.29, 0.717) is 5.92 Å². The molecule has 5 atom stereocenters. The summed E-state index contributed by atoms with van der Waals surface area (Å²) in [6.07, 6.45) is 2.46. The van der Waals surface area contributed by atoms with Crippen LogP contribution in [0.4, 0.5) is 0 Å². The number of hydrogen-bond donors (Lipinski definition) is 1. The van der Waals surface area contributed by atoms with Crippen molar-refractivity contribution < 1.29 is 5.11 Å². The summed E-state index contributed by atoms with van der Waals surface area (Å²) in [5.74, 6) is 1.96. The summed E-state index contributed by atoms with van der Waals surface area (Å²) in [6, 6.07) is 10.3. The first-order chi connectivity index (χ1) is 9.07. The molecular formula is C17H23BNO. The molecular weight excluding hydrogens is 245 g/mol. The number of benzene rings is 1. The molecule has 20 heavy (non-hydrogen) atoms.